The van der Waals surface area contributed by atoms with Gasteiger partial charge in [0.1, 0.15) is 17.6 Å². The molecule has 3 aromatic carbocycles. The molecule has 2 amide bonds. The summed E-state index contributed by atoms with van der Waals surface area (Å²) in [6.07, 6.45) is 0.0355. The van der Waals surface area contributed by atoms with Crippen LogP contribution in [-0.4, -0.2) is 22.2 Å². The first-order valence-corrected chi connectivity index (χ1v) is 11.6. The summed E-state index contributed by atoms with van der Waals surface area (Å²) in [5.41, 5.74) is 3.20. The number of nitrogens with zero attached hydrogens (tertiary/aromatic N) is 1. The third kappa shape index (κ3) is 6.15. The number of carbonyl (C=O) groups excluding carboxylic acids is 2. The number of carbonyl (C=O) groups is 2. The predicted octanol–water partition coefficient (Wildman–Crippen LogP) is 5.48. The number of thioether (sulfide) groups is 1. The topological polar surface area (TPSA) is 79.8 Å². The van der Waals surface area contributed by atoms with Gasteiger partial charge in [0.25, 0.3) is 0 Å². The zero-order valence-electron chi connectivity index (χ0n) is 17.9. The van der Waals surface area contributed by atoms with E-state index >= 15 is 0 Å². The van der Waals surface area contributed by atoms with Crippen LogP contribution in [0, 0.1) is 6.92 Å². The first kappa shape index (κ1) is 22.9. The summed E-state index contributed by atoms with van der Waals surface area (Å²) < 4.78 is 5.78. The van der Waals surface area contributed by atoms with Crippen LogP contribution < -0.4 is 15.4 Å². The molecule has 3 aromatic rings. The zero-order chi connectivity index (χ0) is 23.2. The molecule has 33 heavy (non-hydrogen) atoms. The molecule has 1 aliphatic heterocycles. The average Bonchev–Trinajstić information content (AvgIpc) is 3.15. The lowest BCUT2D eigenvalue weighted by Crippen LogP contribution is -2.28. The maximum atomic E-state index is 12.4. The first-order valence-electron chi connectivity index (χ1n) is 10.4. The van der Waals surface area contributed by atoms with Crippen molar-refractivity contribution in [3.63, 3.8) is 0 Å². The smallest absolute Gasteiger partial charge is 0.240 e. The molecule has 1 unspecified atom stereocenters. The fourth-order valence-electron chi connectivity index (χ4n) is 3.18. The number of amidine groups is 1. The molecule has 1 saturated heterocycles. The summed E-state index contributed by atoms with van der Waals surface area (Å²) in [6.45, 7) is 2.32. The summed E-state index contributed by atoms with van der Waals surface area (Å²) in [6, 6.07) is 22.5. The highest BCUT2D eigenvalue weighted by Crippen LogP contribution is 2.28. The van der Waals surface area contributed by atoms with Crippen molar-refractivity contribution in [1.82, 2.24) is 5.32 Å². The van der Waals surface area contributed by atoms with Crippen molar-refractivity contribution in [2.24, 2.45) is 4.99 Å². The maximum absolute atomic E-state index is 12.4. The molecule has 1 atom stereocenters. The second-order valence-corrected chi connectivity index (χ2v) is 9.04. The average molecular weight is 480 g/mol. The Bertz CT molecular complexity index is 1180. The van der Waals surface area contributed by atoms with Crippen LogP contribution in [0.4, 0.5) is 11.4 Å². The quantitative estimate of drug-likeness (QED) is 0.470. The summed E-state index contributed by atoms with van der Waals surface area (Å²) >= 11 is 7.34. The van der Waals surface area contributed by atoms with E-state index in [1.54, 1.807) is 18.2 Å². The third-order valence-corrected chi connectivity index (χ3v) is 6.50. The highest BCUT2D eigenvalue weighted by Gasteiger charge is 2.32. The third-order valence-electron chi connectivity index (χ3n) is 5.00. The van der Waals surface area contributed by atoms with Gasteiger partial charge in [-0.25, -0.2) is 4.99 Å². The molecular weight excluding hydrogens is 458 g/mol. The Morgan fingerprint density at radius 2 is 1.85 bits per heavy atom. The lowest BCUT2D eigenvalue weighted by Gasteiger charge is -2.10. The van der Waals surface area contributed by atoms with Crippen molar-refractivity contribution in [3.8, 4) is 5.75 Å². The molecule has 2 N–H and O–H groups in total. The normalized spacial score (nSPS) is 16.5. The van der Waals surface area contributed by atoms with Gasteiger partial charge in [-0.2, -0.15) is 0 Å². The molecule has 0 radical (unpaired) electrons. The van der Waals surface area contributed by atoms with Gasteiger partial charge in [-0.1, -0.05) is 59.8 Å². The molecule has 1 aliphatic rings. The summed E-state index contributed by atoms with van der Waals surface area (Å²) in [5.74, 6) is 0.241. The minimum atomic E-state index is -0.545. The fraction of sp³-hybridized carbons (Fsp3) is 0.160. The van der Waals surface area contributed by atoms with Crippen molar-refractivity contribution in [2.75, 3.05) is 5.32 Å². The van der Waals surface area contributed by atoms with Crippen LogP contribution in [0.5, 0.6) is 5.75 Å². The van der Waals surface area contributed by atoms with E-state index in [4.69, 9.17) is 16.3 Å². The van der Waals surface area contributed by atoms with Gasteiger partial charge in [0.2, 0.25) is 11.8 Å². The van der Waals surface area contributed by atoms with Crippen molar-refractivity contribution in [2.45, 2.75) is 25.2 Å². The zero-order valence-corrected chi connectivity index (χ0v) is 19.5. The maximum Gasteiger partial charge on any atom is 0.240 e. The van der Waals surface area contributed by atoms with Crippen molar-refractivity contribution in [3.05, 3.63) is 88.9 Å². The van der Waals surface area contributed by atoms with Crippen molar-refractivity contribution in [1.29, 1.82) is 0 Å². The highest BCUT2D eigenvalue weighted by molar-refractivity contribution is 8.15. The molecule has 1 heterocycles. The van der Waals surface area contributed by atoms with Gasteiger partial charge >= 0.3 is 0 Å². The molecule has 0 saturated carbocycles. The molecule has 0 spiro atoms. The Labute approximate surface area is 201 Å². The van der Waals surface area contributed by atoms with Gasteiger partial charge in [-0.3, -0.25) is 9.59 Å². The van der Waals surface area contributed by atoms with E-state index in [0.29, 0.717) is 28.2 Å². The number of ether oxygens (including phenoxy) is 1. The van der Waals surface area contributed by atoms with Crippen molar-refractivity contribution < 1.29 is 14.3 Å². The van der Waals surface area contributed by atoms with Gasteiger partial charge < -0.3 is 15.4 Å². The Hall–Kier alpha value is -3.29. The summed E-state index contributed by atoms with van der Waals surface area (Å²) in [4.78, 5) is 29.2. The molecule has 0 bridgehead atoms. The van der Waals surface area contributed by atoms with Crippen LogP contribution in [0.1, 0.15) is 17.5 Å². The van der Waals surface area contributed by atoms with Crippen LogP contribution in [0.25, 0.3) is 0 Å². The van der Waals surface area contributed by atoms with Crippen LogP contribution in [0.15, 0.2) is 77.8 Å². The van der Waals surface area contributed by atoms with E-state index in [1.165, 1.54) is 11.8 Å². The number of nitrogens with one attached hydrogen (secondary N) is 2. The lowest BCUT2D eigenvalue weighted by molar-refractivity contribution is -0.122. The Morgan fingerprint density at radius 1 is 1.09 bits per heavy atom. The van der Waals surface area contributed by atoms with E-state index in [1.807, 2.05) is 61.5 Å². The van der Waals surface area contributed by atoms with E-state index in [9.17, 15) is 9.59 Å². The summed E-state index contributed by atoms with van der Waals surface area (Å²) in [5, 5.41) is 6.07. The second kappa shape index (κ2) is 10.6. The van der Waals surface area contributed by atoms with Gasteiger partial charge in [-0.15, -0.1) is 0 Å². The minimum Gasteiger partial charge on any atom is -0.489 e. The first-order chi connectivity index (χ1) is 16.0. The molecule has 6 nitrogen and oxygen atoms in total. The number of hydrogen-bond donors (Lipinski definition) is 2. The Balaban J connectivity index is 1.32. The number of anilines is 1. The molecule has 4 rings (SSSR count). The monoisotopic (exact) mass is 479 g/mol. The van der Waals surface area contributed by atoms with Crippen LogP contribution in [-0.2, 0) is 16.2 Å². The molecule has 168 valence electrons. The second-order valence-electron chi connectivity index (χ2n) is 7.45. The van der Waals surface area contributed by atoms with E-state index in [-0.39, 0.29) is 18.2 Å². The van der Waals surface area contributed by atoms with E-state index < -0.39 is 5.25 Å². The molecule has 0 aliphatic carbocycles. The van der Waals surface area contributed by atoms with Crippen LogP contribution >= 0.6 is 23.4 Å². The van der Waals surface area contributed by atoms with Crippen LogP contribution in [0.3, 0.4) is 0 Å². The van der Waals surface area contributed by atoms with Gasteiger partial charge in [0.05, 0.1) is 5.69 Å². The van der Waals surface area contributed by atoms with E-state index in [2.05, 4.69) is 15.6 Å². The highest BCUT2D eigenvalue weighted by atomic mass is 35.5. The molecule has 8 heteroatoms. The standard InChI is InChI=1S/C25H22ClN3O3S/c1-16-20(26)8-5-9-21(16)28-23(30)14-22-24(31)29-25(33-22)27-18-10-12-19(13-11-18)32-15-17-6-3-2-4-7-17/h2-13,22H,14-15H2,1H3,(H,28,30)(H,27,29,31). The number of hydrogen-bond acceptors (Lipinski definition) is 5. The largest absolute Gasteiger partial charge is 0.489 e. The lowest BCUT2D eigenvalue weighted by atomic mass is 10.2. The Kier molecular flexibility index (Phi) is 7.32. The van der Waals surface area contributed by atoms with Crippen molar-refractivity contribution >= 4 is 51.7 Å². The number of rotatable bonds is 7. The minimum absolute atomic E-state index is 0.0355. The molecular formula is C25H22ClN3O3S. The van der Waals surface area contributed by atoms with E-state index in [0.717, 1.165) is 16.9 Å². The number of halogens is 1. The SMILES string of the molecule is Cc1c(Cl)cccc1NC(=O)CC1SC(=Nc2ccc(OCc3ccccc3)cc2)NC1=O. The number of amides is 2. The Morgan fingerprint density at radius 3 is 2.61 bits per heavy atom. The van der Waals surface area contributed by atoms with Gasteiger partial charge in [0.15, 0.2) is 5.17 Å². The molecule has 0 aromatic heterocycles. The molecule has 1 fully saturated rings. The van der Waals surface area contributed by atoms with Gasteiger partial charge in [-0.05, 0) is 54.4 Å². The fourth-order valence-corrected chi connectivity index (χ4v) is 4.34. The summed E-state index contributed by atoms with van der Waals surface area (Å²) in [7, 11) is 0. The van der Waals surface area contributed by atoms with Gasteiger partial charge in [0, 0.05) is 17.1 Å². The number of benzene rings is 3. The number of aliphatic imine (C=N–C) groups is 1. The van der Waals surface area contributed by atoms with Crippen LogP contribution in [0.2, 0.25) is 5.02 Å². The predicted molar refractivity (Wildman–Crippen MR) is 133 cm³/mol.